The zero-order valence-corrected chi connectivity index (χ0v) is 24.2. The third kappa shape index (κ3) is 4.83. The number of aliphatic hydroxyl groups is 1. The Morgan fingerprint density at radius 1 is 1.09 bits per heavy atom. The van der Waals surface area contributed by atoms with Crippen LogP contribution < -0.4 is 15.8 Å². The van der Waals surface area contributed by atoms with Gasteiger partial charge in [-0.15, -0.1) is 0 Å². The predicted octanol–water partition coefficient (Wildman–Crippen LogP) is 4.93. The summed E-state index contributed by atoms with van der Waals surface area (Å²) in [5.74, 6) is -2.76. The highest BCUT2D eigenvalue weighted by Gasteiger charge is 2.46. The number of hydrogen-bond acceptors (Lipinski definition) is 7. The quantitative estimate of drug-likeness (QED) is 0.220. The van der Waals surface area contributed by atoms with Gasteiger partial charge in [-0.1, -0.05) is 41.9 Å². The number of nitrogens with one attached hydrogen (secondary N) is 1. The molecule has 0 spiro atoms. The molecule has 3 aromatic carbocycles. The maximum atomic E-state index is 15.2. The zero-order chi connectivity index (χ0) is 31.4. The predicted molar refractivity (Wildman–Crippen MR) is 157 cm³/mol. The minimum absolute atomic E-state index is 0.0340. The van der Waals surface area contributed by atoms with Crippen molar-refractivity contribution in [2.75, 3.05) is 13.2 Å². The van der Waals surface area contributed by atoms with E-state index >= 15 is 4.39 Å². The van der Waals surface area contributed by atoms with Crippen LogP contribution in [0, 0.1) is 18.6 Å². The fourth-order valence-corrected chi connectivity index (χ4v) is 5.40. The summed E-state index contributed by atoms with van der Waals surface area (Å²) in [6.45, 7) is 2.66. The second-order valence-corrected chi connectivity index (χ2v) is 11.2. The molecule has 2 atom stereocenters. The number of aryl methyl sites for hydroxylation is 1. The number of nitrogens with two attached hydrogens (primary N) is 1. The molecule has 0 saturated carbocycles. The van der Waals surface area contributed by atoms with Gasteiger partial charge in [-0.2, -0.15) is 0 Å². The van der Waals surface area contributed by atoms with Crippen LogP contribution in [0.4, 0.5) is 8.78 Å². The van der Waals surface area contributed by atoms with E-state index in [9.17, 15) is 19.1 Å². The molecule has 1 aliphatic heterocycles. The molecule has 4 N–H and O–H groups in total. The smallest absolute Gasteiger partial charge is 0.251 e. The van der Waals surface area contributed by atoms with Crippen molar-refractivity contribution in [1.29, 1.82) is 0 Å². The molecule has 1 aliphatic rings. The summed E-state index contributed by atoms with van der Waals surface area (Å²) in [4.78, 5) is 34.8. The number of oxazole rings is 1. The average molecular weight is 619 g/mol. The Morgan fingerprint density at radius 3 is 2.57 bits per heavy atom. The SMILES string of the molecule is Cc1nc2ccc(C(=O)NC[C@@](O)(c3ccccc3)c3cc4c(c(-c5cc(Cl)c(F)cc5F)n3)OC[C@]4(C)C(N)=O)cc2o1. The number of fused-ring (bicyclic) bond motifs is 2. The topological polar surface area (TPSA) is 141 Å². The number of nitrogens with zero attached hydrogens (tertiary/aromatic N) is 2. The average Bonchev–Trinajstić information content (AvgIpc) is 3.56. The van der Waals surface area contributed by atoms with E-state index in [2.05, 4.69) is 15.3 Å². The van der Waals surface area contributed by atoms with Crippen molar-refractivity contribution in [2.24, 2.45) is 5.73 Å². The molecule has 224 valence electrons. The Kier molecular flexibility index (Phi) is 7.10. The van der Waals surface area contributed by atoms with Gasteiger partial charge >= 0.3 is 0 Å². The Bertz CT molecular complexity index is 1970. The number of ether oxygens (including phenoxy) is 1. The van der Waals surface area contributed by atoms with E-state index in [0.29, 0.717) is 28.6 Å². The molecule has 9 nitrogen and oxygen atoms in total. The molecular weight excluding hydrogens is 594 g/mol. The summed E-state index contributed by atoms with van der Waals surface area (Å²) in [6, 6.07) is 16.2. The van der Waals surface area contributed by atoms with Gasteiger partial charge < -0.3 is 25.3 Å². The lowest BCUT2D eigenvalue weighted by atomic mass is 9.80. The van der Waals surface area contributed by atoms with E-state index in [4.69, 9.17) is 26.5 Å². The standard InChI is InChI=1S/C32H25ClF2N4O5/c1-16-38-24-9-8-17(10-25(24)44-16)29(40)37-14-32(42,18-6-4-3-5-7-18)26-12-20-28(43-15-31(20,2)30(36)41)27(39-26)19-11-21(33)23(35)13-22(19)34/h3-13,42H,14-15H2,1-2H3,(H2,36,41)(H,37,40)/t31-,32+/m0/s1. The number of benzene rings is 3. The van der Waals surface area contributed by atoms with Crippen molar-refractivity contribution in [2.45, 2.75) is 24.9 Å². The summed E-state index contributed by atoms with van der Waals surface area (Å²) in [6.07, 6.45) is 0. The fraction of sp³-hybridized carbons (Fsp3) is 0.188. The maximum absolute atomic E-state index is 15.2. The van der Waals surface area contributed by atoms with E-state index in [-0.39, 0.29) is 45.5 Å². The summed E-state index contributed by atoms with van der Waals surface area (Å²) in [5.41, 5.74) is 3.78. The van der Waals surface area contributed by atoms with Gasteiger partial charge in [-0.25, -0.2) is 18.7 Å². The lowest BCUT2D eigenvalue weighted by Crippen LogP contribution is -2.43. The normalized spacial score (nSPS) is 17.1. The molecule has 0 radical (unpaired) electrons. The van der Waals surface area contributed by atoms with Crippen LogP contribution in [0.2, 0.25) is 5.02 Å². The van der Waals surface area contributed by atoms with Crippen LogP contribution >= 0.6 is 11.6 Å². The van der Waals surface area contributed by atoms with Gasteiger partial charge in [0, 0.05) is 29.7 Å². The summed E-state index contributed by atoms with van der Waals surface area (Å²) in [7, 11) is 0. The molecular formula is C32H25ClF2N4O5. The van der Waals surface area contributed by atoms with Crippen LogP contribution in [-0.2, 0) is 15.8 Å². The molecule has 0 unspecified atom stereocenters. The molecule has 5 aromatic rings. The number of carbonyl (C=O) groups excluding carboxylic acids is 2. The minimum atomic E-state index is -2.02. The molecule has 0 saturated heterocycles. The van der Waals surface area contributed by atoms with Crippen molar-refractivity contribution in [1.82, 2.24) is 15.3 Å². The van der Waals surface area contributed by atoms with Crippen molar-refractivity contribution >= 4 is 34.5 Å². The number of rotatable bonds is 7. The molecule has 2 amide bonds. The third-order valence-corrected chi connectivity index (χ3v) is 8.11. The molecule has 44 heavy (non-hydrogen) atoms. The number of carbonyl (C=O) groups is 2. The lowest BCUT2D eigenvalue weighted by Gasteiger charge is -2.30. The number of amides is 2. The second kappa shape index (κ2) is 10.7. The third-order valence-electron chi connectivity index (χ3n) is 7.82. The number of pyridine rings is 1. The van der Waals surface area contributed by atoms with Crippen LogP contribution in [0.3, 0.4) is 0 Å². The van der Waals surface area contributed by atoms with Crippen molar-refractivity contribution < 1.29 is 32.6 Å². The molecule has 0 aliphatic carbocycles. The van der Waals surface area contributed by atoms with Gasteiger partial charge in [-0.3, -0.25) is 9.59 Å². The minimum Gasteiger partial charge on any atom is -0.489 e. The van der Waals surface area contributed by atoms with E-state index in [1.807, 2.05) is 0 Å². The van der Waals surface area contributed by atoms with Gasteiger partial charge in [0.05, 0.1) is 17.3 Å². The number of aromatic nitrogens is 2. The van der Waals surface area contributed by atoms with Gasteiger partial charge in [0.1, 0.15) is 46.2 Å². The Morgan fingerprint density at radius 2 is 1.84 bits per heavy atom. The molecule has 3 heterocycles. The Balaban J connectivity index is 1.50. The van der Waals surface area contributed by atoms with Gasteiger partial charge in [-0.05, 0) is 42.8 Å². The molecule has 12 heteroatoms. The lowest BCUT2D eigenvalue weighted by molar-refractivity contribution is -0.123. The first kappa shape index (κ1) is 29.2. The summed E-state index contributed by atoms with van der Waals surface area (Å²) < 4.78 is 40.7. The largest absolute Gasteiger partial charge is 0.489 e. The van der Waals surface area contributed by atoms with Gasteiger partial charge in [0.15, 0.2) is 11.5 Å². The maximum Gasteiger partial charge on any atom is 0.251 e. The summed E-state index contributed by atoms with van der Waals surface area (Å²) in [5, 5.41) is 14.7. The Labute approximate surface area is 254 Å². The van der Waals surface area contributed by atoms with Crippen LogP contribution in [0.25, 0.3) is 22.4 Å². The van der Waals surface area contributed by atoms with E-state index in [1.54, 1.807) is 56.3 Å². The number of hydrogen-bond donors (Lipinski definition) is 3. The highest BCUT2D eigenvalue weighted by Crippen LogP contribution is 2.47. The van der Waals surface area contributed by atoms with E-state index in [0.717, 1.165) is 6.07 Å². The van der Waals surface area contributed by atoms with E-state index < -0.39 is 41.0 Å². The first-order valence-electron chi connectivity index (χ1n) is 13.5. The first-order chi connectivity index (χ1) is 20.9. The molecule has 2 aromatic heterocycles. The van der Waals surface area contributed by atoms with Gasteiger partial charge in [0.2, 0.25) is 5.91 Å². The fourth-order valence-electron chi connectivity index (χ4n) is 5.23. The molecule has 6 rings (SSSR count). The highest BCUT2D eigenvalue weighted by atomic mass is 35.5. The van der Waals surface area contributed by atoms with Crippen molar-refractivity contribution in [3.05, 3.63) is 112 Å². The van der Waals surface area contributed by atoms with Crippen LogP contribution in [0.1, 0.15) is 40.0 Å². The second-order valence-electron chi connectivity index (χ2n) is 10.8. The zero-order valence-electron chi connectivity index (χ0n) is 23.5. The van der Waals surface area contributed by atoms with Crippen LogP contribution in [-0.4, -0.2) is 40.0 Å². The monoisotopic (exact) mass is 618 g/mol. The molecule has 0 fully saturated rings. The van der Waals surface area contributed by atoms with Crippen LogP contribution in [0.5, 0.6) is 5.75 Å². The van der Waals surface area contributed by atoms with Gasteiger partial charge in [0.25, 0.3) is 5.91 Å². The summed E-state index contributed by atoms with van der Waals surface area (Å²) >= 11 is 6.01. The number of primary amides is 1. The van der Waals surface area contributed by atoms with Crippen molar-refractivity contribution in [3.8, 4) is 17.0 Å². The Hall–Kier alpha value is -4.87. The van der Waals surface area contributed by atoms with Crippen molar-refractivity contribution in [3.63, 3.8) is 0 Å². The first-order valence-corrected chi connectivity index (χ1v) is 13.9. The number of halogens is 3. The van der Waals surface area contributed by atoms with E-state index in [1.165, 1.54) is 12.1 Å². The molecule has 0 bridgehead atoms. The highest BCUT2D eigenvalue weighted by molar-refractivity contribution is 6.31. The van der Waals surface area contributed by atoms with Crippen LogP contribution in [0.15, 0.2) is 71.1 Å².